The van der Waals surface area contributed by atoms with Gasteiger partial charge in [-0.2, -0.15) is 0 Å². The van der Waals surface area contributed by atoms with Crippen LogP contribution in [0.3, 0.4) is 0 Å². The Kier molecular flexibility index (Phi) is 6.71. The molecule has 0 radical (unpaired) electrons. The fourth-order valence-electron chi connectivity index (χ4n) is 2.79. The van der Waals surface area contributed by atoms with Gasteiger partial charge in [0.15, 0.2) is 0 Å². The van der Waals surface area contributed by atoms with Gasteiger partial charge < -0.3 is 14.6 Å². The molecule has 116 valence electrons. The molecule has 0 aromatic rings. The van der Waals surface area contributed by atoms with E-state index in [1.54, 1.807) is 0 Å². The zero-order valence-corrected chi connectivity index (χ0v) is 17.5. The largest absolute Gasteiger partial charge is 0.394 e. The number of hydrogen-bond acceptors (Lipinski definition) is 3. The molecular formula is C13H35NO2Si3. The van der Waals surface area contributed by atoms with Crippen LogP contribution in [0.5, 0.6) is 0 Å². The average Bonchev–Trinajstić information content (AvgIpc) is 2.13. The van der Waals surface area contributed by atoms with Crippen LogP contribution < -0.4 is 5.73 Å². The van der Waals surface area contributed by atoms with Crippen LogP contribution in [0.4, 0.5) is 0 Å². The molecule has 1 unspecified atom stereocenters. The number of hydrogen-bond donors (Lipinski definition) is 1. The van der Waals surface area contributed by atoms with Crippen LogP contribution in [0.1, 0.15) is 13.8 Å². The quantitative estimate of drug-likeness (QED) is 0.695. The van der Waals surface area contributed by atoms with E-state index in [2.05, 4.69) is 45.8 Å². The third-order valence-electron chi connectivity index (χ3n) is 3.80. The Morgan fingerprint density at radius 1 is 0.842 bits per heavy atom. The number of nitrogens with two attached hydrogens (primary N) is 1. The molecule has 0 saturated carbocycles. The minimum absolute atomic E-state index is 0.226. The third-order valence-corrected chi connectivity index (χ3v) is 16.1. The van der Waals surface area contributed by atoms with Crippen LogP contribution in [0.25, 0.3) is 0 Å². The van der Waals surface area contributed by atoms with Crippen molar-refractivity contribution in [1.29, 1.82) is 0 Å². The highest BCUT2D eigenvalue weighted by molar-refractivity contribution is 6.97. The topological polar surface area (TPSA) is 44.5 Å². The summed E-state index contributed by atoms with van der Waals surface area (Å²) in [6, 6.07) is 1.10. The van der Waals surface area contributed by atoms with E-state index in [1.807, 2.05) is 13.8 Å². The second-order valence-electron chi connectivity index (χ2n) is 7.77. The lowest BCUT2D eigenvalue weighted by molar-refractivity contribution is 0.174. The van der Waals surface area contributed by atoms with Crippen LogP contribution in [-0.2, 0) is 8.85 Å². The summed E-state index contributed by atoms with van der Waals surface area (Å²) in [6.45, 7) is 21.9. The summed E-state index contributed by atoms with van der Waals surface area (Å²) in [5.74, 6) is 0. The van der Waals surface area contributed by atoms with E-state index in [4.69, 9.17) is 14.6 Å². The second-order valence-corrected chi connectivity index (χ2v) is 22.5. The monoisotopic (exact) mass is 321 g/mol. The Morgan fingerprint density at radius 3 is 1.42 bits per heavy atom. The van der Waals surface area contributed by atoms with Crippen molar-refractivity contribution in [3.8, 4) is 0 Å². The Labute approximate surface area is 123 Å². The van der Waals surface area contributed by atoms with Gasteiger partial charge in [-0.3, -0.25) is 0 Å². The van der Waals surface area contributed by atoms with Crippen molar-refractivity contribution >= 4 is 24.7 Å². The van der Waals surface area contributed by atoms with E-state index in [0.29, 0.717) is 13.2 Å². The van der Waals surface area contributed by atoms with Crippen molar-refractivity contribution in [3.63, 3.8) is 0 Å². The van der Waals surface area contributed by atoms with Gasteiger partial charge in [0, 0.05) is 26.1 Å². The molecule has 19 heavy (non-hydrogen) atoms. The van der Waals surface area contributed by atoms with Gasteiger partial charge in [0.1, 0.15) is 0 Å². The molecule has 1 atom stereocenters. The predicted octanol–water partition coefficient (Wildman–Crippen LogP) is 3.58. The normalized spacial score (nSPS) is 17.4. The smallest absolute Gasteiger partial charge is 0.352 e. The SMILES string of the molecule is CCO[Si](C)(OCC)C(N)(C[Si](C)(C)C)[Si](C)(C)C. The lowest BCUT2D eigenvalue weighted by atomic mass is 10.7. The molecule has 6 heteroatoms. The Hall–Kier alpha value is 0.531. The molecule has 2 N–H and O–H groups in total. The van der Waals surface area contributed by atoms with E-state index in [0.717, 1.165) is 6.04 Å². The summed E-state index contributed by atoms with van der Waals surface area (Å²) in [4.78, 5) is -0.226. The Morgan fingerprint density at radius 2 is 1.21 bits per heavy atom. The lowest BCUT2D eigenvalue weighted by Gasteiger charge is -2.51. The molecule has 3 nitrogen and oxygen atoms in total. The second kappa shape index (κ2) is 6.53. The van der Waals surface area contributed by atoms with Crippen LogP contribution in [-0.4, -0.2) is 42.7 Å². The Balaban J connectivity index is 5.67. The molecule has 0 aliphatic carbocycles. The average molecular weight is 322 g/mol. The molecule has 0 saturated heterocycles. The minimum atomic E-state index is -2.37. The fourth-order valence-corrected chi connectivity index (χ4v) is 18.6. The molecule has 0 aliphatic heterocycles. The van der Waals surface area contributed by atoms with Crippen molar-refractivity contribution in [2.45, 2.75) is 70.5 Å². The van der Waals surface area contributed by atoms with E-state index in [9.17, 15) is 0 Å². The molecule has 0 rings (SSSR count). The summed E-state index contributed by atoms with van der Waals surface area (Å²) in [7, 11) is -5.27. The van der Waals surface area contributed by atoms with Crippen molar-refractivity contribution in [3.05, 3.63) is 0 Å². The third kappa shape index (κ3) is 4.79. The van der Waals surface area contributed by atoms with Crippen LogP contribution in [0, 0.1) is 0 Å². The van der Waals surface area contributed by atoms with Crippen LogP contribution >= 0.6 is 0 Å². The van der Waals surface area contributed by atoms with E-state index in [-0.39, 0.29) is 4.79 Å². The molecule has 0 bridgehead atoms. The van der Waals surface area contributed by atoms with Gasteiger partial charge in [0.05, 0.1) is 8.07 Å². The summed E-state index contributed by atoms with van der Waals surface area (Å²) < 4.78 is 12.3. The van der Waals surface area contributed by atoms with Crippen molar-refractivity contribution in [2.75, 3.05) is 13.2 Å². The fraction of sp³-hybridized carbons (Fsp3) is 1.00. The Bertz CT molecular complexity index is 281. The maximum Gasteiger partial charge on any atom is 0.352 e. The zero-order valence-electron chi connectivity index (χ0n) is 14.5. The van der Waals surface area contributed by atoms with E-state index >= 15 is 0 Å². The maximum atomic E-state index is 7.02. The summed E-state index contributed by atoms with van der Waals surface area (Å²) in [6.07, 6.45) is 0. The van der Waals surface area contributed by atoms with E-state index in [1.165, 1.54) is 0 Å². The van der Waals surface area contributed by atoms with Gasteiger partial charge in [-0.15, -0.1) is 0 Å². The maximum absolute atomic E-state index is 7.02. The first-order valence-corrected chi connectivity index (χ1v) is 16.9. The van der Waals surface area contributed by atoms with Crippen LogP contribution in [0.2, 0.25) is 51.9 Å². The molecule has 0 aromatic carbocycles. The summed E-state index contributed by atoms with van der Waals surface area (Å²) in [5, 5.41) is 0. The summed E-state index contributed by atoms with van der Waals surface area (Å²) in [5.41, 5.74) is 7.02. The first-order valence-electron chi connectivity index (χ1n) is 7.40. The summed E-state index contributed by atoms with van der Waals surface area (Å²) >= 11 is 0. The molecule has 0 aromatic heterocycles. The van der Waals surface area contributed by atoms with Gasteiger partial charge in [0.25, 0.3) is 0 Å². The molecule has 0 heterocycles. The molecule has 0 fully saturated rings. The molecular weight excluding hydrogens is 286 g/mol. The standard InChI is InChI=1S/C13H35NO2Si3/c1-10-15-19(9,16-11-2)13(14,18(6,7)8)12-17(3,4)5/h10-12,14H2,1-9H3. The lowest BCUT2D eigenvalue weighted by Crippen LogP contribution is -2.78. The van der Waals surface area contributed by atoms with Gasteiger partial charge in [-0.05, 0) is 26.4 Å². The minimum Gasteiger partial charge on any atom is -0.394 e. The van der Waals surface area contributed by atoms with Gasteiger partial charge >= 0.3 is 8.56 Å². The number of rotatable bonds is 8. The van der Waals surface area contributed by atoms with Crippen LogP contribution in [0.15, 0.2) is 0 Å². The van der Waals surface area contributed by atoms with Gasteiger partial charge in [0.2, 0.25) is 0 Å². The van der Waals surface area contributed by atoms with Crippen molar-refractivity contribution in [2.24, 2.45) is 5.73 Å². The first kappa shape index (κ1) is 19.5. The first-order chi connectivity index (χ1) is 8.33. The highest BCUT2D eigenvalue weighted by Crippen LogP contribution is 2.37. The van der Waals surface area contributed by atoms with Gasteiger partial charge in [-0.1, -0.05) is 39.3 Å². The highest BCUT2D eigenvalue weighted by atomic mass is 28.4. The highest BCUT2D eigenvalue weighted by Gasteiger charge is 2.59. The predicted molar refractivity (Wildman–Crippen MR) is 93.3 cm³/mol. The zero-order chi connectivity index (χ0) is 15.5. The molecule has 0 amide bonds. The van der Waals surface area contributed by atoms with Gasteiger partial charge in [-0.25, -0.2) is 0 Å². The molecule has 0 spiro atoms. The van der Waals surface area contributed by atoms with E-state index < -0.39 is 24.7 Å². The van der Waals surface area contributed by atoms with Crippen molar-refractivity contribution < 1.29 is 8.85 Å². The molecule has 0 aliphatic rings. The van der Waals surface area contributed by atoms with Crippen molar-refractivity contribution in [1.82, 2.24) is 0 Å².